The molecule has 0 heterocycles. The highest BCUT2D eigenvalue weighted by Gasteiger charge is 2.30. The minimum atomic E-state index is -1.18. The first kappa shape index (κ1) is 25.5. The molecule has 0 aromatic rings. The molecule has 0 rings (SSSR count). The van der Waals surface area contributed by atoms with Gasteiger partial charge in [-0.05, 0) is 24.3 Å². The van der Waals surface area contributed by atoms with Gasteiger partial charge in [-0.25, -0.2) is 0 Å². The molecular formula is C16H30N4O5S2. The summed E-state index contributed by atoms with van der Waals surface area (Å²) in [5.74, 6) is -2.32. The van der Waals surface area contributed by atoms with Crippen LogP contribution in [-0.4, -0.2) is 71.2 Å². The van der Waals surface area contributed by atoms with Crippen molar-refractivity contribution in [3.63, 3.8) is 0 Å². The topological polar surface area (TPSA) is 151 Å². The van der Waals surface area contributed by atoms with Gasteiger partial charge in [0.15, 0.2) is 0 Å². The molecule has 4 unspecified atom stereocenters. The molecule has 0 aliphatic rings. The molecule has 0 saturated carbocycles. The predicted octanol–water partition coefficient (Wildman–Crippen LogP) is -0.787. The molecule has 6 N–H and O–H groups in total. The van der Waals surface area contributed by atoms with Crippen molar-refractivity contribution in [3.8, 4) is 0 Å². The highest BCUT2D eigenvalue weighted by atomic mass is 32.2. The highest BCUT2D eigenvalue weighted by Crippen LogP contribution is 2.09. The lowest BCUT2D eigenvalue weighted by molar-refractivity contribution is -0.139. The van der Waals surface area contributed by atoms with E-state index in [-0.39, 0.29) is 11.7 Å². The lowest BCUT2D eigenvalue weighted by atomic mass is 9.98. The van der Waals surface area contributed by atoms with Crippen LogP contribution in [0.1, 0.15) is 26.7 Å². The maximum Gasteiger partial charge on any atom is 0.322 e. The first-order valence-corrected chi connectivity index (χ1v) is 10.7. The van der Waals surface area contributed by atoms with Crippen LogP contribution in [0.4, 0.5) is 0 Å². The third kappa shape index (κ3) is 9.87. The molecule has 0 aliphatic heterocycles. The Balaban J connectivity index is 4.96. The molecule has 0 spiro atoms. The molecule has 0 fully saturated rings. The summed E-state index contributed by atoms with van der Waals surface area (Å²) in [5.41, 5.74) is 5.79. The van der Waals surface area contributed by atoms with Crippen LogP contribution in [0.25, 0.3) is 0 Å². The van der Waals surface area contributed by atoms with Crippen molar-refractivity contribution in [2.45, 2.75) is 44.8 Å². The average molecular weight is 423 g/mol. The van der Waals surface area contributed by atoms with Crippen LogP contribution < -0.4 is 21.7 Å². The Hall–Kier alpha value is -1.46. The fourth-order valence-corrected chi connectivity index (χ4v) is 2.82. The van der Waals surface area contributed by atoms with E-state index in [2.05, 4.69) is 28.6 Å². The van der Waals surface area contributed by atoms with Gasteiger partial charge in [0.2, 0.25) is 17.7 Å². The van der Waals surface area contributed by atoms with Crippen LogP contribution in [0.3, 0.4) is 0 Å². The second kappa shape index (κ2) is 13.7. The minimum absolute atomic E-state index is 0.0246. The lowest BCUT2D eigenvalue weighted by Gasteiger charge is -2.26. The lowest BCUT2D eigenvalue weighted by Crippen LogP contribution is -2.58. The first-order chi connectivity index (χ1) is 12.7. The molecule has 0 aromatic carbocycles. The molecule has 0 bridgehead atoms. The van der Waals surface area contributed by atoms with Crippen LogP contribution in [0, 0.1) is 5.92 Å². The Labute approximate surface area is 169 Å². The number of carbonyl (C=O) groups excluding carboxylic acids is 3. The van der Waals surface area contributed by atoms with Crippen molar-refractivity contribution >= 4 is 48.1 Å². The van der Waals surface area contributed by atoms with Crippen molar-refractivity contribution in [3.05, 3.63) is 0 Å². The van der Waals surface area contributed by atoms with E-state index in [1.807, 2.05) is 13.2 Å². The molecule has 0 radical (unpaired) electrons. The van der Waals surface area contributed by atoms with Crippen molar-refractivity contribution in [2.24, 2.45) is 11.7 Å². The van der Waals surface area contributed by atoms with Gasteiger partial charge in [-0.1, -0.05) is 20.3 Å². The number of nitrogens with two attached hydrogens (primary N) is 1. The number of rotatable bonds is 13. The summed E-state index contributed by atoms with van der Waals surface area (Å²) in [6.07, 6.45) is 2.96. The van der Waals surface area contributed by atoms with Crippen molar-refractivity contribution in [1.29, 1.82) is 0 Å². The number of aliphatic carboxylic acids is 1. The van der Waals surface area contributed by atoms with Gasteiger partial charge in [-0.2, -0.15) is 24.4 Å². The minimum Gasteiger partial charge on any atom is -0.480 e. The van der Waals surface area contributed by atoms with E-state index in [4.69, 9.17) is 10.8 Å². The monoisotopic (exact) mass is 422 g/mol. The molecular weight excluding hydrogens is 392 g/mol. The maximum absolute atomic E-state index is 12.5. The maximum atomic E-state index is 12.5. The first-order valence-electron chi connectivity index (χ1n) is 8.63. The summed E-state index contributed by atoms with van der Waals surface area (Å²) in [6, 6.07) is -2.62. The van der Waals surface area contributed by atoms with E-state index in [1.54, 1.807) is 18.7 Å². The van der Waals surface area contributed by atoms with Gasteiger partial charge < -0.3 is 26.8 Å². The fourth-order valence-electron chi connectivity index (χ4n) is 2.08. The van der Waals surface area contributed by atoms with E-state index in [1.165, 1.54) is 0 Å². The molecule has 9 nitrogen and oxygen atoms in total. The number of carbonyl (C=O) groups is 4. The van der Waals surface area contributed by atoms with Gasteiger partial charge in [-0.15, -0.1) is 0 Å². The summed E-state index contributed by atoms with van der Waals surface area (Å²) >= 11 is 5.65. The summed E-state index contributed by atoms with van der Waals surface area (Å²) in [5, 5.41) is 16.1. The molecule has 11 heteroatoms. The highest BCUT2D eigenvalue weighted by molar-refractivity contribution is 7.98. The van der Waals surface area contributed by atoms with Gasteiger partial charge in [0, 0.05) is 5.75 Å². The third-order valence-electron chi connectivity index (χ3n) is 3.99. The van der Waals surface area contributed by atoms with E-state index >= 15 is 0 Å². The smallest absolute Gasteiger partial charge is 0.322 e. The quantitative estimate of drug-likeness (QED) is 0.213. The van der Waals surface area contributed by atoms with E-state index in [0.29, 0.717) is 18.6 Å². The Kier molecular flexibility index (Phi) is 12.9. The zero-order chi connectivity index (χ0) is 21.0. The number of hydrogen-bond donors (Lipinski definition) is 6. The summed E-state index contributed by atoms with van der Waals surface area (Å²) in [7, 11) is 0. The molecule has 156 valence electrons. The molecule has 0 aromatic heterocycles. The van der Waals surface area contributed by atoms with Gasteiger partial charge in [0.1, 0.15) is 18.6 Å². The van der Waals surface area contributed by atoms with Crippen molar-refractivity contribution < 1.29 is 24.3 Å². The largest absolute Gasteiger partial charge is 0.480 e. The molecule has 0 aliphatic carbocycles. The SMILES string of the molecule is CCC(C)C(NC(=O)C(CS)NC(=O)C(N)CCSC)C(=O)NCC(=O)O. The predicted molar refractivity (Wildman–Crippen MR) is 109 cm³/mol. The van der Waals surface area contributed by atoms with Gasteiger partial charge in [-0.3, -0.25) is 19.2 Å². The summed E-state index contributed by atoms with van der Waals surface area (Å²) in [4.78, 5) is 47.5. The van der Waals surface area contributed by atoms with Crippen molar-refractivity contribution in [1.82, 2.24) is 16.0 Å². The average Bonchev–Trinajstić information content (AvgIpc) is 2.65. The van der Waals surface area contributed by atoms with Gasteiger partial charge in [0.05, 0.1) is 6.04 Å². The van der Waals surface area contributed by atoms with Crippen LogP contribution in [-0.2, 0) is 19.2 Å². The molecule has 27 heavy (non-hydrogen) atoms. The van der Waals surface area contributed by atoms with Gasteiger partial charge >= 0.3 is 5.97 Å². The zero-order valence-corrected chi connectivity index (χ0v) is 17.6. The number of thioether (sulfide) groups is 1. The summed E-state index contributed by atoms with van der Waals surface area (Å²) in [6.45, 7) is 3.06. The van der Waals surface area contributed by atoms with E-state index in [9.17, 15) is 19.2 Å². The molecule has 0 saturated heterocycles. The third-order valence-corrected chi connectivity index (χ3v) is 5.00. The number of amides is 3. The fraction of sp³-hybridized carbons (Fsp3) is 0.750. The molecule has 4 atom stereocenters. The number of carboxylic acids is 1. The second-order valence-electron chi connectivity index (χ2n) is 6.12. The number of hydrogen-bond acceptors (Lipinski definition) is 7. The Morgan fingerprint density at radius 1 is 1.15 bits per heavy atom. The Morgan fingerprint density at radius 2 is 1.78 bits per heavy atom. The van der Waals surface area contributed by atoms with Crippen LogP contribution in [0.15, 0.2) is 0 Å². The Morgan fingerprint density at radius 3 is 2.26 bits per heavy atom. The van der Waals surface area contributed by atoms with Crippen LogP contribution in [0.5, 0.6) is 0 Å². The summed E-state index contributed by atoms with van der Waals surface area (Å²) < 4.78 is 0. The zero-order valence-electron chi connectivity index (χ0n) is 15.9. The van der Waals surface area contributed by atoms with E-state index in [0.717, 1.165) is 0 Å². The van der Waals surface area contributed by atoms with E-state index < -0.39 is 48.4 Å². The number of carboxylic acid groups (broad SMARTS) is 1. The molecule has 3 amide bonds. The second-order valence-corrected chi connectivity index (χ2v) is 7.47. The standard InChI is InChI=1S/C16H30N4O5S2/c1-4-9(2)13(16(25)18-7-12(21)22)20-15(24)11(8-26)19-14(23)10(17)5-6-27-3/h9-11,13,26H,4-8,17H2,1-3H3,(H,18,25)(H,19,23)(H,20,24)(H,21,22). The Bertz CT molecular complexity index is 521. The van der Waals surface area contributed by atoms with Crippen LogP contribution in [0.2, 0.25) is 0 Å². The normalized spacial score (nSPS) is 15.1. The number of nitrogens with one attached hydrogen (secondary N) is 3. The number of thiol groups is 1. The van der Waals surface area contributed by atoms with Crippen molar-refractivity contribution in [2.75, 3.05) is 24.3 Å². The van der Waals surface area contributed by atoms with Gasteiger partial charge in [0.25, 0.3) is 0 Å². The van der Waals surface area contributed by atoms with Crippen LogP contribution >= 0.6 is 24.4 Å².